The Kier molecular flexibility index (Phi) is 5.16. The number of rotatable bonds is 5. The van der Waals surface area contributed by atoms with Gasteiger partial charge in [-0.2, -0.15) is 0 Å². The Morgan fingerprint density at radius 3 is 2.40 bits per heavy atom. The zero-order chi connectivity index (χ0) is 14.4. The van der Waals surface area contributed by atoms with Gasteiger partial charge in [-0.05, 0) is 23.3 Å². The summed E-state index contributed by atoms with van der Waals surface area (Å²) < 4.78 is 5.27. The van der Waals surface area contributed by atoms with E-state index in [9.17, 15) is 4.79 Å². The molecule has 0 saturated carbocycles. The lowest BCUT2D eigenvalue weighted by atomic mass is 10.1. The number of nitrogens with one attached hydrogen (secondary N) is 1. The summed E-state index contributed by atoms with van der Waals surface area (Å²) >= 11 is 5.82. The maximum absolute atomic E-state index is 12.2. The second kappa shape index (κ2) is 7.08. The molecule has 2 rings (SSSR count). The fourth-order valence-electron chi connectivity index (χ4n) is 1.91. The highest BCUT2D eigenvalue weighted by molar-refractivity contribution is 6.30. The molecule has 20 heavy (non-hydrogen) atoms. The fraction of sp³-hybridized carbons (Fsp3) is 0.188. The van der Waals surface area contributed by atoms with Crippen molar-refractivity contribution in [1.29, 1.82) is 0 Å². The molecule has 0 unspecified atom stereocenters. The van der Waals surface area contributed by atoms with E-state index in [1.807, 2.05) is 42.5 Å². The van der Waals surface area contributed by atoms with Crippen LogP contribution in [0.4, 0.5) is 0 Å². The zero-order valence-corrected chi connectivity index (χ0v) is 11.9. The van der Waals surface area contributed by atoms with Crippen molar-refractivity contribution in [3.8, 4) is 0 Å². The minimum atomic E-state index is -0.594. The van der Waals surface area contributed by atoms with Crippen LogP contribution in [0.1, 0.15) is 17.2 Å². The molecular formula is C16H16ClNO2. The van der Waals surface area contributed by atoms with Crippen molar-refractivity contribution in [2.24, 2.45) is 0 Å². The Morgan fingerprint density at radius 1 is 1.15 bits per heavy atom. The molecule has 1 N–H and O–H groups in total. The fourth-order valence-corrected chi connectivity index (χ4v) is 2.03. The number of methoxy groups -OCH3 is 1. The number of hydrogen-bond donors (Lipinski definition) is 1. The highest BCUT2D eigenvalue weighted by Gasteiger charge is 2.19. The van der Waals surface area contributed by atoms with E-state index in [0.29, 0.717) is 11.6 Å². The Morgan fingerprint density at radius 2 is 1.80 bits per heavy atom. The molecule has 1 amide bonds. The van der Waals surface area contributed by atoms with Crippen LogP contribution in [0.3, 0.4) is 0 Å². The molecule has 0 spiro atoms. The Hall–Kier alpha value is -1.84. The molecule has 0 radical (unpaired) electrons. The predicted octanol–water partition coefficient (Wildman–Crippen LogP) is 3.34. The van der Waals surface area contributed by atoms with Gasteiger partial charge in [0.05, 0.1) is 0 Å². The van der Waals surface area contributed by atoms with Gasteiger partial charge in [-0.3, -0.25) is 4.79 Å². The van der Waals surface area contributed by atoms with Crippen molar-refractivity contribution < 1.29 is 9.53 Å². The number of carbonyl (C=O) groups is 1. The lowest BCUT2D eigenvalue weighted by Crippen LogP contribution is -2.29. The van der Waals surface area contributed by atoms with Crippen LogP contribution in [0.15, 0.2) is 54.6 Å². The van der Waals surface area contributed by atoms with Crippen LogP contribution in [-0.2, 0) is 16.1 Å². The SMILES string of the molecule is CO[C@@H](C(=O)NCc1ccc(Cl)cc1)c1ccccc1. The van der Waals surface area contributed by atoms with Gasteiger partial charge in [-0.15, -0.1) is 0 Å². The number of carbonyl (C=O) groups excluding carboxylic acids is 1. The smallest absolute Gasteiger partial charge is 0.254 e. The summed E-state index contributed by atoms with van der Waals surface area (Å²) in [7, 11) is 1.53. The summed E-state index contributed by atoms with van der Waals surface area (Å²) in [6.45, 7) is 0.447. The van der Waals surface area contributed by atoms with Crippen molar-refractivity contribution in [2.45, 2.75) is 12.6 Å². The third-order valence-corrected chi connectivity index (χ3v) is 3.21. The molecule has 2 aromatic rings. The summed E-state index contributed by atoms with van der Waals surface area (Å²) in [5, 5.41) is 3.54. The normalized spacial score (nSPS) is 11.9. The van der Waals surface area contributed by atoms with Gasteiger partial charge in [0.2, 0.25) is 0 Å². The maximum atomic E-state index is 12.2. The number of hydrogen-bond acceptors (Lipinski definition) is 2. The third-order valence-electron chi connectivity index (χ3n) is 2.96. The number of benzene rings is 2. The van der Waals surface area contributed by atoms with Crippen molar-refractivity contribution in [3.05, 3.63) is 70.7 Å². The summed E-state index contributed by atoms with van der Waals surface area (Å²) in [5.74, 6) is -0.159. The van der Waals surface area contributed by atoms with E-state index < -0.39 is 6.10 Å². The average Bonchev–Trinajstić information content (AvgIpc) is 2.48. The molecule has 3 nitrogen and oxygen atoms in total. The first kappa shape index (κ1) is 14.6. The summed E-state index contributed by atoms with van der Waals surface area (Å²) in [6.07, 6.45) is -0.594. The van der Waals surface area contributed by atoms with E-state index in [2.05, 4.69) is 5.32 Å². The topological polar surface area (TPSA) is 38.3 Å². The highest BCUT2D eigenvalue weighted by Crippen LogP contribution is 2.16. The van der Waals surface area contributed by atoms with Crippen LogP contribution in [-0.4, -0.2) is 13.0 Å². The summed E-state index contributed by atoms with van der Waals surface area (Å²) in [5.41, 5.74) is 1.83. The predicted molar refractivity (Wildman–Crippen MR) is 79.5 cm³/mol. The van der Waals surface area contributed by atoms with Gasteiger partial charge in [0.25, 0.3) is 5.91 Å². The first-order chi connectivity index (χ1) is 9.70. The van der Waals surface area contributed by atoms with Gasteiger partial charge >= 0.3 is 0 Å². The van der Waals surface area contributed by atoms with Crippen LogP contribution in [0.2, 0.25) is 5.02 Å². The van der Waals surface area contributed by atoms with Crippen LogP contribution in [0, 0.1) is 0 Å². The minimum absolute atomic E-state index is 0.159. The molecular weight excluding hydrogens is 274 g/mol. The lowest BCUT2D eigenvalue weighted by molar-refractivity contribution is -0.131. The molecule has 2 aromatic carbocycles. The molecule has 0 aliphatic rings. The van der Waals surface area contributed by atoms with Gasteiger partial charge in [-0.25, -0.2) is 0 Å². The van der Waals surface area contributed by atoms with Crippen LogP contribution < -0.4 is 5.32 Å². The van der Waals surface area contributed by atoms with Gasteiger partial charge in [0.1, 0.15) is 0 Å². The summed E-state index contributed by atoms with van der Waals surface area (Å²) in [6, 6.07) is 16.8. The monoisotopic (exact) mass is 289 g/mol. The number of amides is 1. The standard InChI is InChI=1S/C16H16ClNO2/c1-20-15(13-5-3-2-4-6-13)16(19)18-11-12-7-9-14(17)10-8-12/h2-10,15H,11H2,1H3,(H,18,19)/t15-/m1/s1. The van der Waals surface area contributed by atoms with Crippen molar-refractivity contribution in [1.82, 2.24) is 5.32 Å². The van der Waals surface area contributed by atoms with Gasteiger partial charge < -0.3 is 10.1 Å². The van der Waals surface area contributed by atoms with Crippen LogP contribution in [0.25, 0.3) is 0 Å². The average molecular weight is 290 g/mol. The Labute approximate surface area is 123 Å². The third kappa shape index (κ3) is 3.83. The van der Waals surface area contributed by atoms with Crippen LogP contribution in [0.5, 0.6) is 0 Å². The van der Waals surface area contributed by atoms with E-state index in [0.717, 1.165) is 11.1 Å². The molecule has 0 saturated heterocycles. The first-order valence-corrected chi connectivity index (χ1v) is 6.68. The molecule has 0 fully saturated rings. The van der Waals surface area contributed by atoms with Gasteiger partial charge in [0, 0.05) is 18.7 Å². The van der Waals surface area contributed by atoms with E-state index in [1.165, 1.54) is 7.11 Å². The van der Waals surface area contributed by atoms with Crippen molar-refractivity contribution in [2.75, 3.05) is 7.11 Å². The van der Waals surface area contributed by atoms with E-state index in [-0.39, 0.29) is 5.91 Å². The van der Waals surface area contributed by atoms with E-state index >= 15 is 0 Å². The second-order valence-electron chi connectivity index (χ2n) is 4.37. The highest BCUT2D eigenvalue weighted by atomic mass is 35.5. The molecule has 0 heterocycles. The maximum Gasteiger partial charge on any atom is 0.254 e. The summed E-state index contributed by atoms with van der Waals surface area (Å²) in [4.78, 5) is 12.2. The minimum Gasteiger partial charge on any atom is -0.367 e. The molecule has 104 valence electrons. The van der Waals surface area contributed by atoms with Crippen LogP contribution >= 0.6 is 11.6 Å². The Balaban J connectivity index is 1.98. The number of ether oxygens (including phenoxy) is 1. The molecule has 0 bridgehead atoms. The number of halogens is 1. The molecule has 1 atom stereocenters. The quantitative estimate of drug-likeness (QED) is 0.917. The zero-order valence-electron chi connectivity index (χ0n) is 11.2. The molecule has 4 heteroatoms. The Bertz CT molecular complexity index is 554. The van der Waals surface area contributed by atoms with Crippen molar-refractivity contribution in [3.63, 3.8) is 0 Å². The second-order valence-corrected chi connectivity index (χ2v) is 4.81. The van der Waals surface area contributed by atoms with Gasteiger partial charge in [0.15, 0.2) is 6.10 Å². The first-order valence-electron chi connectivity index (χ1n) is 6.30. The van der Waals surface area contributed by atoms with Gasteiger partial charge in [-0.1, -0.05) is 54.1 Å². The largest absolute Gasteiger partial charge is 0.367 e. The van der Waals surface area contributed by atoms with Crippen molar-refractivity contribution >= 4 is 17.5 Å². The van der Waals surface area contributed by atoms with E-state index in [1.54, 1.807) is 12.1 Å². The lowest BCUT2D eigenvalue weighted by Gasteiger charge is -2.15. The molecule has 0 aliphatic carbocycles. The van der Waals surface area contributed by atoms with E-state index in [4.69, 9.17) is 16.3 Å². The molecule has 0 aromatic heterocycles. The molecule has 0 aliphatic heterocycles.